The summed E-state index contributed by atoms with van der Waals surface area (Å²) >= 11 is 0. The number of fused-ring (bicyclic) bond motifs is 1. The third-order valence-corrected chi connectivity index (χ3v) is 9.38. The van der Waals surface area contributed by atoms with Crippen molar-refractivity contribution in [2.75, 3.05) is 26.7 Å². The molecule has 0 saturated heterocycles. The van der Waals surface area contributed by atoms with Crippen molar-refractivity contribution >= 4 is 15.9 Å². The largest absolute Gasteiger partial charge is 0.487 e. The molecule has 1 amide bonds. The van der Waals surface area contributed by atoms with Gasteiger partial charge in [-0.2, -0.15) is 4.31 Å². The van der Waals surface area contributed by atoms with Crippen LogP contribution in [0, 0.1) is 17.8 Å². The average Bonchev–Trinajstić information content (AvgIpc) is 3.35. The van der Waals surface area contributed by atoms with Gasteiger partial charge in [0.2, 0.25) is 10.0 Å². The van der Waals surface area contributed by atoms with Crippen molar-refractivity contribution < 1.29 is 28.2 Å². The second kappa shape index (κ2) is 11.5. The third-order valence-electron chi connectivity index (χ3n) is 7.36. The lowest BCUT2D eigenvalue weighted by Gasteiger charge is -2.37. The van der Waals surface area contributed by atoms with E-state index in [4.69, 9.17) is 4.74 Å². The lowest BCUT2D eigenvalue weighted by atomic mass is 10.0. The molecule has 38 heavy (non-hydrogen) atoms. The molecule has 0 bridgehead atoms. The van der Waals surface area contributed by atoms with Gasteiger partial charge in [-0.05, 0) is 62.9 Å². The van der Waals surface area contributed by atoms with Gasteiger partial charge < -0.3 is 19.8 Å². The van der Waals surface area contributed by atoms with Crippen LogP contribution in [-0.4, -0.2) is 78.2 Å². The van der Waals surface area contributed by atoms with Gasteiger partial charge in [0.1, 0.15) is 22.4 Å². The summed E-state index contributed by atoms with van der Waals surface area (Å²) in [5, 5.41) is 20.5. The first-order valence-electron chi connectivity index (χ1n) is 13.0. The molecule has 2 N–H and O–H groups in total. The van der Waals surface area contributed by atoms with Gasteiger partial charge >= 0.3 is 0 Å². The fourth-order valence-corrected chi connectivity index (χ4v) is 6.77. The third kappa shape index (κ3) is 6.05. The number of aliphatic hydroxyl groups is 2. The van der Waals surface area contributed by atoms with Gasteiger partial charge in [-0.25, -0.2) is 8.42 Å². The zero-order valence-corrected chi connectivity index (χ0v) is 22.9. The maximum Gasteiger partial charge on any atom is 0.253 e. The Morgan fingerprint density at radius 3 is 2.55 bits per heavy atom. The van der Waals surface area contributed by atoms with Gasteiger partial charge in [-0.1, -0.05) is 37.0 Å². The van der Waals surface area contributed by atoms with Crippen LogP contribution in [0.15, 0.2) is 53.4 Å². The topological polar surface area (TPSA) is 107 Å². The summed E-state index contributed by atoms with van der Waals surface area (Å²) in [6, 6.07) is 13.0. The van der Waals surface area contributed by atoms with Crippen LogP contribution in [0.1, 0.15) is 55.5 Å². The summed E-state index contributed by atoms with van der Waals surface area (Å²) in [4.78, 5) is 14.6. The summed E-state index contributed by atoms with van der Waals surface area (Å²) in [5.74, 6) is 5.63. The van der Waals surface area contributed by atoms with E-state index in [1.807, 2.05) is 13.0 Å². The van der Waals surface area contributed by atoms with Gasteiger partial charge in [-0.3, -0.25) is 4.79 Å². The number of rotatable bonds is 5. The van der Waals surface area contributed by atoms with Crippen LogP contribution >= 0.6 is 0 Å². The van der Waals surface area contributed by atoms with Gasteiger partial charge in [0.25, 0.3) is 5.91 Å². The Kier molecular flexibility index (Phi) is 8.48. The molecule has 0 spiro atoms. The Morgan fingerprint density at radius 2 is 1.89 bits per heavy atom. The smallest absolute Gasteiger partial charge is 0.253 e. The Bertz CT molecular complexity index is 1310. The second-order valence-electron chi connectivity index (χ2n) is 10.4. The number of carbonyl (C=O) groups is 1. The molecule has 2 aliphatic rings. The van der Waals surface area contributed by atoms with E-state index >= 15 is 0 Å². The first-order valence-corrected chi connectivity index (χ1v) is 14.5. The first-order chi connectivity index (χ1) is 18.0. The summed E-state index contributed by atoms with van der Waals surface area (Å²) < 4.78 is 35.0. The Balaban J connectivity index is 1.71. The molecule has 4 rings (SSSR count). The highest BCUT2D eigenvalue weighted by atomic mass is 32.2. The van der Waals surface area contributed by atoms with Crippen molar-refractivity contribution in [1.29, 1.82) is 0 Å². The van der Waals surface area contributed by atoms with Gasteiger partial charge in [0, 0.05) is 36.7 Å². The van der Waals surface area contributed by atoms with E-state index in [1.165, 1.54) is 10.4 Å². The fourth-order valence-electron chi connectivity index (χ4n) is 4.95. The number of amides is 1. The summed E-state index contributed by atoms with van der Waals surface area (Å²) in [6.07, 6.45) is 2.54. The lowest BCUT2D eigenvalue weighted by Crippen LogP contribution is -2.50. The number of sulfonamides is 1. The van der Waals surface area contributed by atoms with E-state index in [1.54, 1.807) is 55.3 Å². The molecule has 0 aromatic heterocycles. The molecular formula is C29H36N2O6S. The zero-order chi connectivity index (χ0) is 27.5. The second-order valence-corrected chi connectivity index (χ2v) is 12.3. The molecule has 3 atom stereocenters. The molecule has 1 aliphatic carbocycles. The van der Waals surface area contributed by atoms with E-state index < -0.39 is 27.8 Å². The minimum Gasteiger partial charge on any atom is -0.487 e. The van der Waals surface area contributed by atoms with E-state index in [2.05, 4.69) is 11.8 Å². The maximum absolute atomic E-state index is 13.7. The monoisotopic (exact) mass is 540 g/mol. The van der Waals surface area contributed by atoms with E-state index in [0.29, 0.717) is 24.0 Å². The number of ether oxygens (including phenoxy) is 1. The SMILES string of the molecule is C[C@H]1CN([C@@H](C)CO)S(=O)(=O)c2ccc(C#CC3(O)CCCC3)cc2O[C@H]1CN(C)C(=O)c1ccccc1. The van der Waals surface area contributed by atoms with E-state index in [0.717, 1.165) is 12.8 Å². The molecule has 204 valence electrons. The Labute approximate surface area is 225 Å². The molecule has 1 aliphatic heterocycles. The number of hydrogen-bond acceptors (Lipinski definition) is 6. The van der Waals surface area contributed by atoms with Crippen LogP contribution in [0.2, 0.25) is 0 Å². The van der Waals surface area contributed by atoms with Gasteiger partial charge in [0.05, 0.1) is 13.2 Å². The first kappa shape index (κ1) is 28.1. The number of likely N-dealkylation sites (N-methyl/N-ethyl adjacent to an activating group) is 1. The molecule has 0 radical (unpaired) electrons. The number of benzene rings is 2. The summed E-state index contributed by atoms with van der Waals surface area (Å²) in [7, 11) is -2.29. The number of nitrogens with zero attached hydrogens (tertiary/aromatic N) is 2. The predicted molar refractivity (Wildman–Crippen MR) is 144 cm³/mol. The molecular weight excluding hydrogens is 504 g/mol. The number of hydrogen-bond donors (Lipinski definition) is 2. The highest BCUT2D eigenvalue weighted by Crippen LogP contribution is 2.34. The van der Waals surface area contributed by atoms with Gasteiger partial charge in [0.15, 0.2) is 0 Å². The Hall–Kier alpha value is -2.90. The van der Waals surface area contributed by atoms with Crippen LogP contribution in [0.3, 0.4) is 0 Å². The maximum atomic E-state index is 13.7. The lowest BCUT2D eigenvalue weighted by molar-refractivity contribution is 0.0563. The number of carbonyl (C=O) groups excluding carboxylic acids is 1. The molecule has 2 aromatic rings. The van der Waals surface area contributed by atoms with Crippen LogP contribution < -0.4 is 4.74 Å². The molecule has 1 heterocycles. The minimum atomic E-state index is -3.99. The van der Waals surface area contributed by atoms with E-state index in [9.17, 15) is 23.4 Å². The summed E-state index contributed by atoms with van der Waals surface area (Å²) in [6.45, 7) is 3.56. The van der Waals surface area contributed by atoms with Crippen molar-refractivity contribution in [2.24, 2.45) is 5.92 Å². The van der Waals surface area contributed by atoms with Crippen LogP contribution in [0.4, 0.5) is 0 Å². The highest BCUT2D eigenvalue weighted by Gasteiger charge is 2.38. The van der Waals surface area contributed by atoms with Crippen molar-refractivity contribution in [3.8, 4) is 17.6 Å². The normalized spacial score (nSPS) is 23.1. The van der Waals surface area contributed by atoms with Crippen LogP contribution in [0.5, 0.6) is 5.75 Å². The quantitative estimate of drug-likeness (QED) is 0.565. The van der Waals surface area contributed by atoms with Crippen LogP contribution in [0.25, 0.3) is 0 Å². The summed E-state index contributed by atoms with van der Waals surface area (Å²) in [5.41, 5.74) is 0.0541. The van der Waals surface area contributed by atoms with Crippen LogP contribution in [-0.2, 0) is 10.0 Å². The van der Waals surface area contributed by atoms with Crippen molar-refractivity contribution in [1.82, 2.24) is 9.21 Å². The van der Waals surface area contributed by atoms with E-state index in [-0.39, 0.29) is 42.2 Å². The number of aliphatic hydroxyl groups excluding tert-OH is 1. The van der Waals surface area contributed by atoms with Crippen molar-refractivity contribution in [2.45, 2.75) is 62.2 Å². The van der Waals surface area contributed by atoms with Gasteiger partial charge in [-0.15, -0.1) is 0 Å². The Morgan fingerprint density at radius 1 is 1.21 bits per heavy atom. The molecule has 1 saturated carbocycles. The highest BCUT2D eigenvalue weighted by molar-refractivity contribution is 7.89. The minimum absolute atomic E-state index is 0.0168. The zero-order valence-electron chi connectivity index (χ0n) is 22.1. The molecule has 1 fully saturated rings. The molecule has 9 heteroatoms. The molecule has 8 nitrogen and oxygen atoms in total. The predicted octanol–water partition coefficient (Wildman–Crippen LogP) is 2.88. The standard InChI is InChI=1S/C29H36N2O6S/c1-21-18-31(22(2)20-32)38(35,36)27-12-11-23(13-16-29(34)14-7-8-15-29)17-25(27)37-26(21)19-30(3)28(33)24-9-5-4-6-10-24/h4-6,9-12,17,21-22,26,32,34H,7-8,14-15,18-20H2,1-3H3/t21-,22-,26-/m0/s1. The van der Waals surface area contributed by atoms with Crippen molar-refractivity contribution in [3.63, 3.8) is 0 Å². The fraction of sp³-hybridized carbons (Fsp3) is 0.483. The average molecular weight is 541 g/mol. The van der Waals surface area contributed by atoms with Crippen molar-refractivity contribution in [3.05, 3.63) is 59.7 Å². The molecule has 2 aromatic carbocycles. The molecule has 0 unspecified atom stereocenters.